The van der Waals surface area contributed by atoms with Crippen LogP contribution in [0.2, 0.25) is 0 Å². The maximum atomic E-state index is 13.2. The van der Waals surface area contributed by atoms with Crippen LogP contribution in [0.3, 0.4) is 0 Å². The molecule has 150 valence electrons. The van der Waals surface area contributed by atoms with E-state index in [1.165, 1.54) is 16.0 Å². The Morgan fingerprint density at radius 3 is 3.10 bits per heavy atom. The monoisotopic (exact) mass is 428 g/mol. The summed E-state index contributed by atoms with van der Waals surface area (Å²) in [5, 5.41) is 0. The summed E-state index contributed by atoms with van der Waals surface area (Å²) in [7, 11) is -3.39. The summed E-state index contributed by atoms with van der Waals surface area (Å²) in [6.45, 7) is 4.56. The molecule has 0 bridgehead atoms. The van der Waals surface area contributed by atoms with Gasteiger partial charge in [-0.3, -0.25) is 14.1 Å². The summed E-state index contributed by atoms with van der Waals surface area (Å²) in [5.74, 6) is 0.693. The number of aryl methyl sites for hydroxylation is 1. The number of hydrogen-bond donors (Lipinski definition) is 0. The Morgan fingerprint density at radius 2 is 2.28 bits per heavy atom. The lowest BCUT2D eigenvalue weighted by atomic mass is 9.98. The van der Waals surface area contributed by atoms with Crippen molar-refractivity contribution in [2.75, 3.05) is 13.0 Å². The highest BCUT2D eigenvalue weighted by Crippen LogP contribution is 2.56. The first-order valence-electron chi connectivity index (χ1n) is 9.54. The van der Waals surface area contributed by atoms with Gasteiger partial charge in [-0.15, -0.1) is 11.3 Å². The van der Waals surface area contributed by atoms with Gasteiger partial charge in [-0.25, -0.2) is 4.98 Å². The molecule has 1 aliphatic heterocycles. The van der Waals surface area contributed by atoms with Gasteiger partial charge >= 0.3 is 7.60 Å². The van der Waals surface area contributed by atoms with Crippen molar-refractivity contribution in [1.29, 1.82) is 0 Å². The van der Waals surface area contributed by atoms with E-state index in [4.69, 9.17) is 13.8 Å². The molecule has 1 saturated heterocycles. The highest BCUT2D eigenvalue weighted by Gasteiger charge is 2.36. The van der Waals surface area contributed by atoms with E-state index in [1.807, 2.05) is 23.7 Å². The molecule has 1 aliphatic carbocycles. The lowest BCUT2D eigenvalue weighted by molar-refractivity contribution is 0.0724. The second-order valence-corrected chi connectivity index (χ2v) is 10.2. The third kappa shape index (κ3) is 3.42. The smallest absolute Gasteiger partial charge is 0.368 e. The molecule has 0 spiro atoms. The van der Waals surface area contributed by atoms with Gasteiger partial charge in [0, 0.05) is 35.7 Å². The maximum Gasteiger partial charge on any atom is 0.368 e. The third-order valence-electron chi connectivity index (χ3n) is 5.55. The molecule has 3 heterocycles. The van der Waals surface area contributed by atoms with Crippen molar-refractivity contribution in [2.24, 2.45) is 0 Å². The van der Waals surface area contributed by atoms with Gasteiger partial charge in [-0.1, -0.05) is 6.07 Å². The molecule has 0 saturated carbocycles. The van der Waals surface area contributed by atoms with E-state index in [-0.39, 0.29) is 12.5 Å². The third-order valence-corrected chi connectivity index (χ3v) is 7.98. The van der Waals surface area contributed by atoms with Gasteiger partial charge in [0.15, 0.2) is 6.35 Å². The van der Waals surface area contributed by atoms with E-state index in [0.717, 1.165) is 28.8 Å². The van der Waals surface area contributed by atoms with Gasteiger partial charge < -0.3 is 9.26 Å². The van der Waals surface area contributed by atoms with Crippen LogP contribution in [0.25, 0.3) is 11.3 Å². The number of thiazole rings is 1. The van der Waals surface area contributed by atoms with Crippen LogP contribution < -0.4 is 4.74 Å². The van der Waals surface area contributed by atoms with Crippen LogP contribution in [0.4, 0.5) is 0 Å². The van der Waals surface area contributed by atoms with Crippen LogP contribution >= 0.6 is 18.9 Å². The molecule has 29 heavy (non-hydrogen) atoms. The molecule has 2 unspecified atom stereocenters. The number of ether oxygens (including phenoxy) is 1. The number of pyridine rings is 1. The molecule has 6 nitrogen and oxygen atoms in total. The van der Waals surface area contributed by atoms with Crippen LogP contribution in [0.5, 0.6) is 5.75 Å². The zero-order valence-corrected chi connectivity index (χ0v) is 18.0. The second kappa shape index (κ2) is 7.33. The highest BCUT2D eigenvalue weighted by atomic mass is 32.1. The van der Waals surface area contributed by atoms with Crippen molar-refractivity contribution < 1.29 is 18.3 Å². The van der Waals surface area contributed by atoms with E-state index in [9.17, 15) is 4.57 Å². The molecule has 0 radical (unpaired) electrons. The SMILES string of the molecule is Cc1cc(OCP2(=O)OCCC(c3cccnc3)O2)c2c(c1C)Cc1scnc1-2. The van der Waals surface area contributed by atoms with E-state index in [2.05, 4.69) is 23.8 Å². The summed E-state index contributed by atoms with van der Waals surface area (Å²) >= 11 is 1.66. The zero-order valence-electron chi connectivity index (χ0n) is 16.3. The summed E-state index contributed by atoms with van der Waals surface area (Å²) in [6, 6.07) is 5.77. The first kappa shape index (κ1) is 18.9. The Kier molecular flexibility index (Phi) is 4.79. The predicted molar refractivity (Wildman–Crippen MR) is 112 cm³/mol. The van der Waals surface area contributed by atoms with Crippen LogP contribution in [-0.4, -0.2) is 22.9 Å². The summed E-state index contributed by atoms with van der Waals surface area (Å²) < 4.78 is 30.7. The molecule has 3 aromatic rings. The fourth-order valence-corrected chi connectivity index (χ4v) is 6.16. The molecule has 2 atom stereocenters. The van der Waals surface area contributed by atoms with Gasteiger partial charge in [0.05, 0.1) is 23.9 Å². The van der Waals surface area contributed by atoms with Crippen molar-refractivity contribution in [1.82, 2.24) is 9.97 Å². The Hall–Kier alpha value is -2.05. The first-order valence-corrected chi connectivity index (χ1v) is 12.2. The Bertz CT molecular complexity index is 1120. The molecule has 2 aliphatic rings. The van der Waals surface area contributed by atoms with Gasteiger partial charge in [0.1, 0.15) is 5.75 Å². The van der Waals surface area contributed by atoms with Crippen LogP contribution in [0.1, 0.15) is 39.7 Å². The largest absolute Gasteiger partial charge is 0.480 e. The molecular formula is C21H21N2O4PS. The van der Waals surface area contributed by atoms with Crippen LogP contribution in [0.15, 0.2) is 36.1 Å². The van der Waals surface area contributed by atoms with Gasteiger partial charge in [-0.2, -0.15) is 0 Å². The van der Waals surface area contributed by atoms with Crippen molar-refractivity contribution >= 4 is 18.9 Å². The van der Waals surface area contributed by atoms with E-state index >= 15 is 0 Å². The highest BCUT2D eigenvalue weighted by molar-refractivity contribution is 7.53. The Morgan fingerprint density at radius 1 is 1.38 bits per heavy atom. The van der Waals surface area contributed by atoms with Crippen molar-refractivity contribution in [3.8, 4) is 17.0 Å². The topological polar surface area (TPSA) is 70.5 Å². The molecule has 2 aromatic heterocycles. The number of rotatable bonds is 4. The minimum Gasteiger partial charge on any atom is -0.480 e. The van der Waals surface area contributed by atoms with E-state index < -0.39 is 7.60 Å². The standard InChI is InChI=1S/C21H21N2O4PS/c1-13-8-18(20-16(14(13)2)9-19-21(20)23-11-29-19)25-12-28(24)26-7-5-17(27-28)15-4-3-6-22-10-15/h3-4,6,8,10-11,17H,5,7,9,12H2,1-2H3. The molecule has 8 heteroatoms. The minimum atomic E-state index is -3.39. The van der Waals surface area contributed by atoms with Crippen LogP contribution in [-0.2, 0) is 20.0 Å². The number of hydrogen-bond acceptors (Lipinski definition) is 7. The molecular weight excluding hydrogens is 407 g/mol. The number of benzene rings is 1. The number of aromatic nitrogens is 2. The summed E-state index contributed by atoms with van der Waals surface area (Å²) in [6.07, 6.45) is 4.52. The predicted octanol–water partition coefficient (Wildman–Crippen LogP) is 5.43. The first-order chi connectivity index (χ1) is 14.0. The number of fused-ring (bicyclic) bond motifs is 3. The number of nitrogens with zero attached hydrogens (tertiary/aromatic N) is 2. The quantitative estimate of drug-likeness (QED) is 0.404. The van der Waals surface area contributed by atoms with Crippen molar-refractivity contribution in [2.45, 2.75) is 32.8 Å². The zero-order chi connectivity index (χ0) is 20.0. The molecule has 0 N–H and O–H groups in total. The summed E-state index contributed by atoms with van der Waals surface area (Å²) in [4.78, 5) is 9.90. The van der Waals surface area contributed by atoms with E-state index in [1.54, 1.807) is 23.7 Å². The minimum absolute atomic E-state index is 0.127. The lowest BCUT2D eigenvalue weighted by Crippen LogP contribution is -2.17. The fourth-order valence-electron chi connectivity index (χ4n) is 3.89. The second-order valence-electron chi connectivity index (χ2n) is 7.36. The van der Waals surface area contributed by atoms with Crippen molar-refractivity contribution in [3.05, 3.63) is 63.2 Å². The van der Waals surface area contributed by atoms with Crippen molar-refractivity contribution in [3.63, 3.8) is 0 Å². The average Bonchev–Trinajstić information content (AvgIpc) is 3.32. The molecule has 1 aromatic carbocycles. The van der Waals surface area contributed by atoms with E-state index in [0.29, 0.717) is 18.8 Å². The average molecular weight is 428 g/mol. The Labute approximate surface area is 173 Å². The fraction of sp³-hybridized carbons (Fsp3) is 0.333. The molecule has 5 rings (SSSR count). The molecule has 0 amide bonds. The maximum absolute atomic E-state index is 13.2. The summed E-state index contributed by atoms with van der Waals surface area (Å²) in [5.41, 5.74) is 8.39. The van der Waals surface area contributed by atoms with Gasteiger partial charge in [-0.05, 0) is 48.2 Å². The molecule has 1 fully saturated rings. The lowest BCUT2D eigenvalue weighted by Gasteiger charge is -2.30. The normalized spacial score (nSPS) is 22.9. The Balaban J connectivity index is 1.40. The van der Waals surface area contributed by atoms with Crippen LogP contribution in [0, 0.1) is 13.8 Å². The van der Waals surface area contributed by atoms with Gasteiger partial charge in [0.25, 0.3) is 0 Å². The van der Waals surface area contributed by atoms with Gasteiger partial charge in [0.2, 0.25) is 0 Å².